The number of aliphatic carboxylic acids is 1. The second-order valence-electron chi connectivity index (χ2n) is 4.46. The third kappa shape index (κ3) is 5.14. The maximum Gasteiger partial charge on any atom is 0.305 e. The molecule has 0 rings (SSSR count). The molecule has 1 unspecified atom stereocenters. The van der Waals surface area contributed by atoms with Crippen molar-refractivity contribution in [2.24, 2.45) is 5.92 Å². The van der Waals surface area contributed by atoms with Crippen molar-refractivity contribution in [1.29, 1.82) is 0 Å². The molecule has 0 spiro atoms. The molecule has 0 bridgehead atoms. The van der Waals surface area contributed by atoms with Crippen molar-refractivity contribution in [2.45, 2.75) is 53.0 Å². The molecule has 0 radical (unpaired) electrons. The van der Waals surface area contributed by atoms with Crippen LogP contribution >= 0.6 is 0 Å². The second kappa shape index (κ2) is 7.25. The summed E-state index contributed by atoms with van der Waals surface area (Å²) in [7, 11) is 0. The Morgan fingerprint density at radius 1 is 1.25 bits per heavy atom. The van der Waals surface area contributed by atoms with Gasteiger partial charge in [-0.1, -0.05) is 20.3 Å². The first-order valence-electron chi connectivity index (χ1n) is 5.92. The first-order chi connectivity index (χ1) is 7.40. The minimum Gasteiger partial charge on any atom is -0.481 e. The highest BCUT2D eigenvalue weighted by molar-refractivity contribution is 5.79. The SMILES string of the molecule is CCCC(C)C(=O)N(CCC(=O)O)C(C)C. The fraction of sp³-hybridized carbons (Fsp3) is 0.833. The summed E-state index contributed by atoms with van der Waals surface area (Å²) in [6.07, 6.45) is 1.84. The number of nitrogens with zero attached hydrogens (tertiary/aromatic N) is 1. The van der Waals surface area contributed by atoms with Gasteiger partial charge in [0.1, 0.15) is 0 Å². The number of carboxylic acids is 1. The summed E-state index contributed by atoms with van der Waals surface area (Å²) in [4.78, 5) is 24.2. The van der Waals surface area contributed by atoms with Gasteiger partial charge < -0.3 is 10.0 Å². The Morgan fingerprint density at radius 3 is 2.19 bits per heavy atom. The van der Waals surface area contributed by atoms with E-state index in [0.717, 1.165) is 12.8 Å². The van der Waals surface area contributed by atoms with Crippen molar-refractivity contribution in [3.8, 4) is 0 Å². The van der Waals surface area contributed by atoms with Gasteiger partial charge in [-0.25, -0.2) is 0 Å². The van der Waals surface area contributed by atoms with Gasteiger partial charge in [0.2, 0.25) is 5.91 Å². The zero-order chi connectivity index (χ0) is 12.7. The van der Waals surface area contributed by atoms with Gasteiger partial charge in [-0.3, -0.25) is 9.59 Å². The Balaban J connectivity index is 4.40. The summed E-state index contributed by atoms with van der Waals surface area (Å²) < 4.78 is 0. The van der Waals surface area contributed by atoms with Crippen LogP contribution in [0.5, 0.6) is 0 Å². The summed E-state index contributed by atoms with van der Waals surface area (Å²) >= 11 is 0. The summed E-state index contributed by atoms with van der Waals surface area (Å²) in [5, 5.41) is 8.63. The summed E-state index contributed by atoms with van der Waals surface area (Å²) in [5.41, 5.74) is 0. The number of rotatable bonds is 7. The zero-order valence-corrected chi connectivity index (χ0v) is 10.7. The topological polar surface area (TPSA) is 57.6 Å². The molecule has 0 aromatic heterocycles. The molecule has 0 aromatic carbocycles. The molecule has 1 amide bonds. The Kier molecular flexibility index (Phi) is 6.77. The fourth-order valence-electron chi connectivity index (χ4n) is 1.68. The second-order valence-corrected chi connectivity index (χ2v) is 4.46. The molecule has 0 aliphatic rings. The van der Waals surface area contributed by atoms with Crippen molar-refractivity contribution < 1.29 is 14.7 Å². The number of hydrogen-bond acceptors (Lipinski definition) is 2. The van der Waals surface area contributed by atoms with Crippen molar-refractivity contribution in [1.82, 2.24) is 4.90 Å². The maximum atomic E-state index is 12.0. The van der Waals surface area contributed by atoms with Crippen LogP contribution in [0.3, 0.4) is 0 Å². The van der Waals surface area contributed by atoms with E-state index in [1.54, 1.807) is 4.90 Å². The van der Waals surface area contributed by atoms with E-state index in [2.05, 4.69) is 0 Å². The van der Waals surface area contributed by atoms with Crippen LogP contribution < -0.4 is 0 Å². The van der Waals surface area contributed by atoms with Crippen LogP contribution in [0.15, 0.2) is 0 Å². The van der Waals surface area contributed by atoms with Crippen LogP contribution in [0.25, 0.3) is 0 Å². The Bertz CT molecular complexity index is 238. The molecule has 0 aliphatic heterocycles. The minimum absolute atomic E-state index is 0.0128. The van der Waals surface area contributed by atoms with Crippen molar-refractivity contribution in [3.63, 3.8) is 0 Å². The van der Waals surface area contributed by atoms with E-state index >= 15 is 0 Å². The highest BCUT2D eigenvalue weighted by Gasteiger charge is 2.22. The van der Waals surface area contributed by atoms with E-state index in [-0.39, 0.29) is 24.3 Å². The lowest BCUT2D eigenvalue weighted by molar-refractivity contribution is -0.140. The van der Waals surface area contributed by atoms with Crippen LogP contribution in [0.2, 0.25) is 0 Å². The third-order valence-electron chi connectivity index (χ3n) is 2.62. The van der Waals surface area contributed by atoms with Gasteiger partial charge in [-0.15, -0.1) is 0 Å². The molecule has 94 valence electrons. The number of amides is 1. The minimum atomic E-state index is -0.860. The van der Waals surface area contributed by atoms with E-state index in [1.807, 2.05) is 27.7 Å². The summed E-state index contributed by atoms with van der Waals surface area (Å²) in [6, 6.07) is 0.0613. The van der Waals surface area contributed by atoms with Gasteiger partial charge in [-0.05, 0) is 20.3 Å². The maximum absolute atomic E-state index is 12.0. The van der Waals surface area contributed by atoms with Crippen LogP contribution in [0.4, 0.5) is 0 Å². The van der Waals surface area contributed by atoms with E-state index < -0.39 is 5.97 Å². The Hall–Kier alpha value is -1.06. The smallest absolute Gasteiger partial charge is 0.305 e. The predicted molar refractivity (Wildman–Crippen MR) is 63.2 cm³/mol. The number of hydrogen-bond donors (Lipinski definition) is 1. The average Bonchev–Trinajstić information content (AvgIpc) is 2.17. The molecule has 16 heavy (non-hydrogen) atoms. The first kappa shape index (κ1) is 14.9. The van der Waals surface area contributed by atoms with E-state index in [4.69, 9.17) is 5.11 Å². The molecule has 1 atom stereocenters. The number of carbonyl (C=O) groups is 2. The van der Waals surface area contributed by atoms with Crippen LogP contribution in [-0.2, 0) is 9.59 Å². The molecule has 4 nitrogen and oxygen atoms in total. The molecule has 1 N–H and O–H groups in total. The quantitative estimate of drug-likeness (QED) is 0.727. The van der Waals surface area contributed by atoms with Crippen LogP contribution in [-0.4, -0.2) is 34.5 Å². The summed E-state index contributed by atoms with van der Waals surface area (Å²) in [5.74, 6) is -0.805. The number of carbonyl (C=O) groups excluding carboxylic acids is 1. The predicted octanol–water partition coefficient (Wildman–Crippen LogP) is 2.13. The standard InChI is InChI=1S/C12H23NO3/c1-5-6-10(4)12(16)13(9(2)3)8-7-11(14)15/h9-10H,5-8H2,1-4H3,(H,14,15). The molecule has 0 saturated carbocycles. The molecule has 0 heterocycles. The lowest BCUT2D eigenvalue weighted by Gasteiger charge is -2.29. The normalized spacial score (nSPS) is 12.6. The fourth-order valence-corrected chi connectivity index (χ4v) is 1.68. The van der Waals surface area contributed by atoms with Crippen molar-refractivity contribution in [3.05, 3.63) is 0 Å². The highest BCUT2D eigenvalue weighted by atomic mass is 16.4. The van der Waals surface area contributed by atoms with Crippen LogP contribution in [0, 0.1) is 5.92 Å². The average molecular weight is 229 g/mol. The monoisotopic (exact) mass is 229 g/mol. The first-order valence-corrected chi connectivity index (χ1v) is 5.92. The van der Waals surface area contributed by atoms with Crippen LogP contribution in [0.1, 0.15) is 47.0 Å². The number of carboxylic acid groups (broad SMARTS) is 1. The molecule has 4 heteroatoms. The molecule has 0 aromatic rings. The third-order valence-corrected chi connectivity index (χ3v) is 2.62. The molecule has 0 fully saturated rings. The zero-order valence-electron chi connectivity index (χ0n) is 10.7. The largest absolute Gasteiger partial charge is 0.481 e. The van der Waals surface area contributed by atoms with Gasteiger partial charge >= 0.3 is 5.97 Å². The Labute approximate surface area is 97.6 Å². The lowest BCUT2D eigenvalue weighted by Crippen LogP contribution is -2.41. The molecular weight excluding hydrogens is 206 g/mol. The van der Waals surface area contributed by atoms with Crippen molar-refractivity contribution in [2.75, 3.05) is 6.54 Å². The van der Waals surface area contributed by atoms with Gasteiger partial charge in [0.25, 0.3) is 0 Å². The highest BCUT2D eigenvalue weighted by Crippen LogP contribution is 2.12. The lowest BCUT2D eigenvalue weighted by atomic mass is 10.0. The van der Waals surface area contributed by atoms with E-state index in [9.17, 15) is 9.59 Å². The van der Waals surface area contributed by atoms with E-state index in [0.29, 0.717) is 6.54 Å². The van der Waals surface area contributed by atoms with Crippen molar-refractivity contribution >= 4 is 11.9 Å². The molecule has 0 aliphatic carbocycles. The van der Waals surface area contributed by atoms with Gasteiger partial charge in [0, 0.05) is 18.5 Å². The van der Waals surface area contributed by atoms with Gasteiger partial charge in [0.15, 0.2) is 0 Å². The van der Waals surface area contributed by atoms with Gasteiger partial charge in [-0.2, -0.15) is 0 Å². The summed E-state index contributed by atoms with van der Waals surface area (Å²) in [6.45, 7) is 8.08. The van der Waals surface area contributed by atoms with Gasteiger partial charge in [0.05, 0.1) is 6.42 Å². The molecule has 0 saturated heterocycles. The Morgan fingerprint density at radius 2 is 1.81 bits per heavy atom. The molecular formula is C12H23NO3. The van der Waals surface area contributed by atoms with E-state index in [1.165, 1.54) is 0 Å².